The zero-order chi connectivity index (χ0) is 16.5. The quantitative estimate of drug-likeness (QED) is 0.772. The van der Waals surface area contributed by atoms with Gasteiger partial charge in [-0.3, -0.25) is 4.99 Å². The first-order valence-corrected chi connectivity index (χ1v) is 8.88. The van der Waals surface area contributed by atoms with E-state index in [1.807, 2.05) is 0 Å². The topological polar surface area (TPSA) is 41.6 Å². The first kappa shape index (κ1) is 19.0. The molecule has 0 aromatic heterocycles. The van der Waals surface area contributed by atoms with Crippen LogP contribution in [0.3, 0.4) is 0 Å². The molecule has 0 saturated heterocycles. The summed E-state index contributed by atoms with van der Waals surface area (Å²) >= 11 is 0. The fraction of sp³-hybridized carbons (Fsp3) is 0.737. The third-order valence-electron chi connectivity index (χ3n) is 4.63. The summed E-state index contributed by atoms with van der Waals surface area (Å²) in [6, 6.07) is 0. The monoisotopic (exact) mass is 305 g/mol. The Hall–Kier alpha value is -1.09. The fourth-order valence-electron chi connectivity index (χ4n) is 3.00. The van der Waals surface area contributed by atoms with Crippen LogP contribution in [-0.4, -0.2) is 36.9 Å². The third-order valence-corrected chi connectivity index (χ3v) is 4.63. The Kier molecular flexibility index (Phi) is 8.47. The van der Waals surface area contributed by atoms with Gasteiger partial charge >= 0.3 is 0 Å². The van der Waals surface area contributed by atoms with Gasteiger partial charge in [0.25, 0.3) is 0 Å². The molecule has 22 heavy (non-hydrogen) atoms. The molecule has 3 nitrogen and oxygen atoms in total. The molecule has 0 aromatic carbocycles. The van der Waals surface area contributed by atoms with E-state index in [-0.39, 0.29) is 0 Å². The molecule has 2 atom stereocenters. The van der Waals surface area contributed by atoms with E-state index in [1.165, 1.54) is 29.8 Å². The summed E-state index contributed by atoms with van der Waals surface area (Å²) in [6.07, 6.45) is 8.16. The highest BCUT2D eigenvalue weighted by Gasteiger charge is 2.19. The predicted molar refractivity (Wildman–Crippen MR) is 98.3 cm³/mol. The highest BCUT2D eigenvalue weighted by Crippen LogP contribution is 2.17. The molecule has 0 bridgehead atoms. The number of nitrogens with zero attached hydrogens (tertiary/aromatic N) is 2. The van der Waals surface area contributed by atoms with Crippen LogP contribution >= 0.6 is 0 Å². The van der Waals surface area contributed by atoms with Crippen molar-refractivity contribution in [1.82, 2.24) is 4.90 Å². The average molecular weight is 306 g/mol. The van der Waals surface area contributed by atoms with Crippen LogP contribution in [0.2, 0.25) is 0 Å². The van der Waals surface area contributed by atoms with Gasteiger partial charge in [-0.05, 0) is 36.8 Å². The van der Waals surface area contributed by atoms with Crippen molar-refractivity contribution < 1.29 is 0 Å². The predicted octanol–water partition coefficient (Wildman–Crippen LogP) is 4.01. The van der Waals surface area contributed by atoms with Crippen LogP contribution in [0, 0.1) is 11.8 Å². The molecule has 2 N–H and O–H groups in total. The van der Waals surface area contributed by atoms with E-state index in [4.69, 9.17) is 10.7 Å². The number of hydrogen-bond donors (Lipinski definition) is 1. The summed E-state index contributed by atoms with van der Waals surface area (Å²) < 4.78 is 0. The summed E-state index contributed by atoms with van der Waals surface area (Å²) in [5.74, 6) is 2.48. The van der Waals surface area contributed by atoms with Gasteiger partial charge < -0.3 is 10.6 Å². The van der Waals surface area contributed by atoms with Crippen LogP contribution in [0.1, 0.15) is 53.9 Å². The van der Waals surface area contributed by atoms with Crippen molar-refractivity contribution in [2.45, 2.75) is 53.9 Å². The lowest BCUT2D eigenvalue weighted by molar-refractivity contribution is 0.346. The van der Waals surface area contributed by atoms with Crippen molar-refractivity contribution >= 4 is 5.84 Å². The molecule has 2 unspecified atom stereocenters. The minimum Gasteiger partial charge on any atom is -0.356 e. The fourth-order valence-corrected chi connectivity index (χ4v) is 3.00. The first-order valence-electron chi connectivity index (χ1n) is 8.88. The number of hydrogen-bond acceptors (Lipinski definition) is 3. The molecular weight excluding hydrogens is 270 g/mol. The Morgan fingerprint density at radius 1 is 1.27 bits per heavy atom. The van der Waals surface area contributed by atoms with Crippen molar-refractivity contribution in [2.75, 3.05) is 26.2 Å². The van der Waals surface area contributed by atoms with E-state index >= 15 is 0 Å². The van der Waals surface area contributed by atoms with Crippen molar-refractivity contribution in [2.24, 2.45) is 22.6 Å². The maximum atomic E-state index is 5.92. The molecule has 0 radical (unpaired) electrons. The Morgan fingerprint density at radius 2 is 2.00 bits per heavy atom. The largest absolute Gasteiger partial charge is 0.356 e. The zero-order valence-corrected chi connectivity index (χ0v) is 15.2. The highest BCUT2D eigenvalue weighted by molar-refractivity contribution is 5.84. The van der Waals surface area contributed by atoms with Gasteiger partial charge in [0, 0.05) is 25.6 Å². The standard InChI is InChI=1S/C19H35N3/c1-6-8-15(3)14-22-12-10-18(13-20)17(5)9-11-21-19(22)16(4)7-2/h9-10,15-16H,6-8,11-14,20H2,1-5H3/b17-9-,18-10-,21-19?. The number of amidine groups is 1. The normalized spacial score (nSPS) is 24.1. The molecule has 1 aliphatic rings. The van der Waals surface area contributed by atoms with Crippen molar-refractivity contribution in [3.63, 3.8) is 0 Å². The zero-order valence-electron chi connectivity index (χ0n) is 15.2. The summed E-state index contributed by atoms with van der Waals surface area (Å²) in [5.41, 5.74) is 8.45. The second-order valence-corrected chi connectivity index (χ2v) is 6.63. The molecule has 0 aliphatic carbocycles. The van der Waals surface area contributed by atoms with Gasteiger partial charge in [0.2, 0.25) is 0 Å². The molecule has 0 saturated carbocycles. The Balaban J connectivity index is 3.03. The Bertz CT molecular complexity index is 420. The van der Waals surface area contributed by atoms with Gasteiger partial charge in [0.05, 0.1) is 6.54 Å². The van der Waals surface area contributed by atoms with Gasteiger partial charge in [0.1, 0.15) is 5.84 Å². The van der Waals surface area contributed by atoms with Crippen molar-refractivity contribution in [3.8, 4) is 0 Å². The van der Waals surface area contributed by atoms with E-state index in [9.17, 15) is 0 Å². The van der Waals surface area contributed by atoms with Gasteiger partial charge in [0.15, 0.2) is 0 Å². The Labute approximate surface area is 137 Å². The summed E-state index contributed by atoms with van der Waals surface area (Å²) in [5, 5.41) is 0. The summed E-state index contributed by atoms with van der Waals surface area (Å²) in [6.45, 7) is 14.7. The SMILES string of the molecule is CCCC(C)CN1C/C=C(CN)\C(C)=C/CN=C1C(C)CC. The lowest BCUT2D eigenvalue weighted by Crippen LogP contribution is -2.38. The maximum absolute atomic E-state index is 5.92. The van der Waals surface area contributed by atoms with E-state index in [2.05, 4.69) is 51.7 Å². The minimum atomic E-state index is 0.510. The van der Waals surface area contributed by atoms with Gasteiger partial charge in [-0.1, -0.05) is 46.3 Å². The smallest absolute Gasteiger partial charge is 0.102 e. The number of rotatable bonds is 7. The van der Waals surface area contributed by atoms with Gasteiger partial charge in [-0.25, -0.2) is 0 Å². The van der Waals surface area contributed by atoms with Gasteiger partial charge in [-0.2, -0.15) is 0 Å². The highest BCUT2D eigenvalue weighted by atomic mass is 15.2. The van der Waals surface area contributed by atoms with Crippen LogP contribution in [0.25, 0.3) is 0 Å². The molecule has 1 aliphatic heterocycles. The second-order valence-electron chi connectivity index (χ2n) is 6.63. The van der Waals surface area contributed by atoms with E-state index < -0.39 is 0 Å². The third kappa shape index (κ3) is 5.60. The van der Waals surface area contributed by atoms with E-state index in [1.54, 1.807) is 0 Å². The molecule has 126 valence electrons. The molecule has 0 spiro atoms. The first-order chi connectivity index (χ1) is 10.5. The van der Waals surface area contributed by atoms with Crippen LogP contribution in [0.15, 0.2) is 28.3 Å². The number of aliphatic imine (C=N–C) groups is 1. The second kappa shape index (κ2) is 9.83. The number of nitrogens with two attached hydrogens (primary N) is 1. The van der Waals surface area contributed by atoms with E-state index in [0.717, 1.165) is 26.1 Å². The lowest BCUT2D eigenvalue weighted by Gasteiger charge is -2.31. The molecule has 0 aromatic rings. The van der Waals surface area contributed by atoms with Crippen LogP contribution in [0.5, 0.6) is 0 Å². The Morgan fingerprint density at radius 3 is 2.59 bits per heavy atom. The maximum Gasteiger partial charge on any atom is 0.102 e. The molecular formula is C19H35N3. The van der Waals surface area contributed by atoms with Gasteiger partial charge in [-0.15, -0.1) is 0 Å². The molecule has 3 heteroatoms. The van der Waals surface area contributed by atoms with Crippen molar-refractivity contribution in [3.05, 3.63) is 23.3 Å². The van der Waals surface area contributed by atoms with Crippen LogP contribution < -0.4 is 5.73 Å². The average Bonchev–Trinajstić information content (AvgIpc) is 2.57. The van der Waals surface area contributed by atoms with Crippen LogP contribution in [0.4, 0.5) is 0 Å². The minimum absolute atomic E-state index is 0.510. The van der Waals surface area contributed by atoms with Crippen LogP contribution in [-0.2, 0) is 0 Å². The van der Waals surface area contributed by atoms with Crippen molar-refractivity contribution in [1.29, 1.82) is 0 Å². The molecule has 0 fully saturated rings. The van der Waals surface area contributed by atoms with E-state index in [0.29, 0.717) is 18.4 Å². The molecule has 1 heterocycles. The molecule has 0 amide bonds. The summed E-state index contributed by atoms with van der Waals surface area (Å²) in [4.78, 5) is 7.40. The summed E-state index contributed by atoms with van der Waals surface area (Å²) in [7, 11) is 0. The lowest BCUT2D eigenvalue weighted by atomic mass is 10.0. The molecule has 1 rings (SSSR count).